The van der Waals surface area contributed by atoms with Gasteiger partial charge in [0, 0.05) is 57.3 Å². The van der Waals surface area contributed by atoms with E-state index in [9.17, 15) is 30.0 Å². The second-order valence-corrected chi connectivity index (χ2v) is 27.3. The lowest BCUT2D eigenvalue weighted by Crippen LogP contribution is -2.63. The maximum absolute atomic E-state index is 14.6. The van der Waals surface area contributed by atoms with E-state index in [-0.39, 0.29) is 110 Å². The van der Waals surface area contributed by atoms with E-state index in [1.54, 1.807) is 0 Å². The maximum atomic E-state index is 14.6. The summed E-state index contributed by atoms with van der Waals surface area (Å²) in [4.78, 5) is 26.1. The molecule has 0 aromatic rings. The first-order valence-electron chi connectivity index (χ1n) is 30.4. The zero-order valence-electron chi connectivity index (χ0n) is 46.3. The quantitative estimate of drug-likeness (QED) is 0.226. The number of aliphatic hydroxyl groups excluding tert-OH is 2. The van der Waals surface area contributed by atoms with Crippen molar-refractivity contribution >= 4 is 11.9 Å². The Balaban J connectivity index is 0.666. The molecule has 16 rings (SSSR count). The molecule has 21 heteroatoms. The summed E-state index contributed by atoms with van der Waals surface area (Å²) < 4.78 is 102. The number of carbonyl (C=O) groups excluding carboxylic acids is 1. The molecule has 444 valence electrons. The summed E-state index contributed by atoms with van der Waals surface area (Å²) in [5, 5.41) is 44.2. The summed E-state index contributed by atoms with van der Waals surface area (Å²) in [5.74, 6) is -7.08. The highest BCUT2D eigenvalue weighted by atomic mass is 16.8. The molecule has 0 amide bonds. The third kappa shape index (κ3) is 8.84. The van der Waals surface area contributed by atoms with Crippen molar-refractivity contribution in [3.8, 4) is 0 Å². The van der Waals surface area contributed by atoms with E-state index in [4.69, 9.17) is 71.1 Å². The Bertz CT molecular complexity index is 2460. The first-order valence-corrected chi connectivity index (χ1v) is 30.4. The predicted octanol–water partition coefficient (Wildman–Crippen LogP) is 3.95. The van der Waals surface area contributed by atoms with Gasteiger partial charge in [0.2, 0.25) is 11.6 Å². The third-order valence-electron chi connectivity index (χ3n) is 21.8. The average Bonchev–Trinajstić information content (AvgIpc) is 4.28. The molecule has 21 nitrogen and oxygen atoms in total. The van der Waals surface area contributed by atoms with Crippen LogP contribution in [0.2, 0.25) is 0 Å². The minimum atomic E-state index is -2.04. The lowest BCUT2D eigenvalue weighted by Gasteiger charge is -2.54. The van der Waals surface area contributed by atoms with E-state index in [1.807, 2.05) is 0 Å². The van der Waals surface area contributed by atoms with Crippen LogP contribution in [0, 0.1) is 23.7 Å². The molecule has 80 heavy (non-hydrogen) atoms. The van der Waals surface area contributed by atoms with E-state index in [0.29, 0.717) is 70.6 Å². The van der Waals surface area contributed by atoms with Crippen LogP contribution in [-0.2, 0) is 80.6 Å². The van der Waals surface area contributed by atoms with Crippen LogP contribution < -0.4 is 0 Å². The van der Waals surface area contributed by atoms with E-state index in [1.165, 1.54) is 0 Å². The molecule has 0 aliphatic carbocycles. The van der Waals surface area contributed by atoms with Crippen LogP contribution in [0.5, 0.6) is 0 Å². The predicted molar refractivity (Wildman–Crippen MR) is 271 cm³/mol. The third-order valence-corrected chi connectivity index (χ3v) is 21.8. The van der Waals surface area contributed by atoms with Gasteiger partial charge in [-0.05, 0) is 73.8 Å². The normalized spacial score (nSPS) is 58.7. The van der Waals surface area contributed by atoms with Gasteiger partial charge < -0.3 is 91.5 Å². The van der Waals surface area contributed by atoms with Crippen molar-refractivity contribution in [3.63, 3.8) is 0 Å². The van der Waals surface area contributed by atoms with Crippen LogP contribution in [0.15, 0.2) is 24.3 Å². The largest absolute Gasteiger partial charge is 0.481 e. The van der Waals surface area contributed by atoms with Gasteiger partial charge in [0.15, 0.2) is 17.7 Å². The lowest BCUT2D eigenvalue weighted by molar-refractivity contribution is -0.371. The van der Waals surface area contributed by atoms with Gasteiger partial charge in [-0.3, -0.25) is 9.59 Å². The number of carboxylic acids is 1. The number of esters is 1. The van der Waals surface area contributed by atoms with Gasteiger partial charge in [-0.1, -0.05) is 40.9 Å². The second-order valence-electron chi connectivity index (χ2n) is 27.3. The highest BCUT2D eigenvalue weighted by Gasteiger charge is 2.79. The molecule has 16 saturated heterocycles. The number of hydrogen-bond acceptors (Lipinski definition) is 20. The standard InChI is InChI=1S/C59H82O21/c1-24-13-30-7-9-34-25(2)14-32(66-34)11-12-58-55(64)59(65)54(80-58)53-52(79-59)51(78-58)50-35(70-53)10-8-31(68-50)15-45(63)73-49-29(6)48-40(69-39(49)17-36(67-30)28(24)5)18-38-42(72-48)22-57(74-38)23-43-47(77-57)27(4)21-56(76-43)20-26(3)46-41(75-56)16-33(60)37(71-46)19-44(61)62/h24,26-27,29-43,46-55,60,64-65H,2,5,7-23H2,1,3-4,6H3,(H,61,62)/t24-,26+,27+,29+,30?,31?,32?,33-,34?,35?,36-,37?,38-,39+,40+,41?,42-,43?,46+,47?,48+,49?,50+,51?,52?,53?,54?,55?,56-,57+,58-,59?/m1/s1. The molecule has 12 bridgehead atoms. The minimum absolute atomic E-state index is 0.00631. The molecule has 0 aromatic carbocycles. The molecule has 16 aliphatic rings. The van der Waals surface area contributed by atoms with Gasteiger partial charge in [0.1, 0.15) is 36.6 Å². The topological polar surface area (TPSA) is 254 Å². The number of aliphatic carboxylic acids is 1. The Morgan fingerprint density at radius 2 is 1.26 bits per heavy atom. The van der Waals surface area contributed by atoms with Crippen molar-refractivity contribution in [2.45, 2.75) is 306 Å². The Morgan fingerprint density at radius 3 is 2.09 bits per heavy atom. The Labute approximate surface area is 466 Å². The van der Waals surface area contributed by atoms with E-state index >= 15 is 0 Å². The van der Waals surface area contributed by atoms with Crippen LogP contribution in [0.1, 0.15) is 137 Å². The number of aliphatic hydroxyl groups is 3. The summed E-state index contributed by atoms with van der Waals surface area (Å²) in [7, 11) is 0. The molecular weight excluding hydrogens is 1040 g/mol. The maximum Gasteiger partial charge on any atom is 0.308 e. The lowest BCUT2D eigenvalue weighted by atomic mass is 9.78. The summed E-state index contributed by atoms with van der Waals surface area (Å²) in [5.41, 5.74) is 1.99. The van der Waals surface area contributed by atoms with Crippen LogP contribution in [0.3, 0.4) is 0 Å². The van der Waals surface area contributed by atoms with Crippen molar-refractivity contribution in [3.05, 3.63) is 24.3 Å². The van der Waals surface area contributed by atoms with Gasteiger partial charge >= 0.3 is 11.9 Å². The zero-order valence-corrected chi connectivity index (χ0v) is 46.3. The monoisotopic (exact) mass is 1130 g/mol. The van der Waals surface area contributed by atoms with E-state index in [0.717, 1.165) is 24.0 Å². The smallest absolute Gasteiger partial charge is 0.308 e. The van der Waals surface area contributed by atoms with Crippen molar-refractivity contribution in [2.24, 2.45) is 23.7 Å². The second kappa shape index (κ2) is 19.6. The fraction of sp³-hybridized carbons (Fsp3) is 0.898. The molecular formula is C59H82O21. The van der Waals surface area contributed by atoms with Gasteiger partial charge in [0.05, 0.1) is 117 Å². The SMILES string of the molecule is C=C1CC2CC[C@@]34OC5C6OC(O)(C(O3)C6OC3CCC(CC(=O)OC6[C@H](C[C@H]7OC(CCC1O2)C[C@@H](C)C7=C)O[C@H]1C[C@H]2O[C@@]7(CC8O[C@@]9(C[C@H](C)C8O7)C[C@H](C)[C@@H]7OC(CC(=O)O)[C@H](O)CC7O9)C[C@H]2O[C@H]1[C@@H]6C)O[C@@H]35)C4O. The minimum Gasteiger partial charge on any atom is -0.481 e. The van der Waals surface area contributed by atoms with Crippen molar-refractivity contribution in [1.82, 2.24) is 0 Å². The summed E-state index contributed by atoms with van der Waals surface area (Å²) in [6, 6.07) is 0. The molecule has 16 unspecified atom stereocenters. The van der Waals surface area contributed by atoms with Crippen molar-refractivity contribution in [1.29, 1.82) is 0 Å². The Kier molecular flexibility index (Phi) is 13.3. The summed E-state index contributed by atoms with van der Waals surface area (Å²) in [6.45, 7) is 17.5. The molecule has 3 spiro atoms. The first kappa shape index (κ1) is 54.4. The van der Waals surface area contributed by atoms with Crippen LogP contribution in [0.4, 0.5) is 0 Å². The highest BCUT2D eigenvalue weighted by molar-refractivity contribution is 5.70. The molecule has 16 fully saturated rings. The average molecular weight is 1130 g/mol. The number of ether oxygens (including phenoxy) is 15. The van der Waals surface area contributed by atoms with E-state index < -0.39 is 121 Å². The molecule has 0 radical (unpaired) electrons. The first-order chi connectivity index (χ1) is 38.2. The van der Waals surface area contributed by atoms with Crippen molar-refractivity contribution < 1.29 is 101 Å². The van der Waals surface area contributed by atoms with Crippen LogP contribution in [0.25, 0.3) is 0 Å². The molecule has 4 N–H and O–H groups in total. The van der Waals surface area contributed by atoms with Gasteiger partial charge in [-0.15, -0.1) is 0 Å². The summed E-state index contributed by atoms with van der Waals surface area (Å²) >= 11 is 0. The fourth-order valence-corrected chi connectivity index (χ4v) is 18.0. The zero-order chi connectivity index (χ0) is 55.1. The molecule has 0 aromatic heterocycles. The van der Waals surface area contributed by atoms with Crippen LogP contribution in [-0.4, -0.2) is 202 Å². The fourth-order valence-electron chi connectivity index (χ4n) is 18.0. The van der Waals surface area contributed by atoms with Gasteiger partial charge in [0.25, 0.3) is 0 Å². The number of rotatable bonds is 2. The molecule has 16 heterocycles. The highest BCUT2D eigenvalue weighted by Crippen LogP contribution is 2.59. The molecule has 16 aliphatic heterocycles. The van der Waals surface area contributed by atoms with Crippen molar-refractivity contribution in [2.75, 3.05) is 0 Å². The van der Waals surface area contributed by atoms with Gasteiger partial charge in [-0.25, -0.2) is 0 Å². The van der Waals surface area contributed by atoms with Crippen LogP contribution >= 0.6 is 0 Å². The number of carboxylic acid groups (broad SMARTS) is 1. The summed E-state index contributed by atoms with van der Waals surface area (Å²) in [6.07, 6.45) is -5.45. The number of carbonyl (C=O) groups is 2. The Hall–Kier alpha value is -2.26. The molecule has 0 saturated carbocycles. The number of hydrogen-bond donors (Lipinski definition) is 4. The van der Waals surface area contributed by atoms with E-state index in [2.05, 4.69) is 40.9 Å². The number of fused-ring (bicyclic) bond motifs is 10. The molecule has 32 atom stereocenters. The Morgan fingerprint density at radius 1 is 0.562 bits per heavy atom. The van der Waals surface area contributed by atoms with Gasteiger partial charge in [-0.2, -0.15) is 0 Å².